The molecule has 7 heteroatoms. The lowest BCUT2D eigenvalue weighted by molar-refractivity contribution is -0.164. The number of ether oxygens (including phenoxy) is 2. The number of phenolic OH excluding ortho intramolecular Hbond substituents is 3. The van der Waals surface area contributed by atoms with Gasteiger partial charge in [-0.3, -0.25) is 9.59 Å². The molecule has 1 aliphatic heterocycles. The van der Waals surface area contributed by atoms with E-state index in [1.165, 1.54) is 12.1 Å². The van der Waals surface area contributed by atoms with Gasteiger partial charge in [-0.1, -0.05) is 20.8 Å². The van der Waals surface area contributed by atoms with Crippen molar-refractivity contribution in [1.82, 2.24) is 0 Å². The Hall–Kier alpha value is -2.44. The highest BCUT2D eigenvalue weighted by Crippen LogP contribution is 2.55. The first-order valence-electron chi connectivity index (χ1n) is 9.37. The number of phenols is 3. The van der Waals surface area contributed by atoms with E-state index in [-0.39, 0.29) is 47.5 Å². The van der Waals surface area contributed by atoms with Gasteiger partial charge >= 0.3 is 11.9 Å². The quantitative estimate of drug-likeness (QED) is 0.547. The van der Waals surface area contributed by atoms with Crippen LogP contribution in [0.4, 0.5) is 0 Å². The zero-order valence-corrected chi connectivity index (χ0v) is 15.7. The lowest BCUT2D eigenvalue weighted by atomic mass is 9.88. The summed E-state index contributed by atoms with van der Waals surface area (Å²) in [4.78, 5) is 23.1. The van der Waals surface area contributed by atoms with Crippen LogP contribution in [0.15, 0.2) is 12.1 Å². The van der Waals surface area contributed by atoms with E-state index in [9.17, 15) is 9.59 Å². The molecular weight excluding hydrogens is 352 g/mol. The monoisotopic (exact) mass is 378 g/mol. The molecule has 0 aromatic heterocycles. The van der Waals surface area contributed by atoms with Crippen LogP contribution in [-0.2, 0) is 25.5 Å². The molecule has 5 atom stereocenters. The standard InChI is InChI=1S/C12H16O4.C8H10O3/c1-5(2)11(13)15-9-6-3-7-8(4-6)12(14)16-10(7)9;1-2-5-3-6(9)8(11)7(10)4-5/h5-10H,3-4H2,1-2H3;3-4,9-11H,2H2,1H3. The Kier molecular flexibility index (Phi) is 5.22. The minimum absolute atomic E-state index is 0.0828. The predicted molar refractivity (Wildman–Crippen MR) is 95.1 cm³/mol. The van der Waals surface area contributed by atoms with Crippen LogP contribution in [-0.4, -0.2) is 39.5 Å². The van der Waals surface area contributed by atoms with E-state index in [1.807, 2.05) is 20.8 Å². The first-order valence-corrected chi connectivity index (χ1v) is 9.37. The van der Waals surface area contributed by atoms with E-state index in [0.29, 0.717) is 18.3 Å². The van der Waals surface area contributed by atoms with Gasteiger partial charge in [-0.15, -0.1) is 0 Å². The van der Waals surface area contributed by atoms with Crippen molar-refractivity contribution >= 4 is 11.9 Å². The van der Waals surface area contributed by atoms with E-state index in [4.69, 9.17) is 24.8 Å². The maximum Gasteiger partial charge on any atom is 0.309 e. The minimum atomic E-state index is -0.456. The first kappa shape index (κ1) is 19.3. The minimum Gasteiger partial charge on any atom is -0.504 e. The maximum absolute atomic E-state index is 11.6. The van der Waals surface area contributed by atoms with Gasteiger partial charge in [0.25, 0.3) is 0 Å². The Balaban J connectivity index is 0.000000168. The highest BCUT2D eigenvalue weighted by molar-refractivity contribution is 5.77. The van der Waals surface area contributed by atoms with Crippen molar-refractivity contribution in [2.24, 2.45) is 23.7 Å². The fourth-order valence-corrected chi connectivity index (χ4v) is 4.20. The summed E-state index contributed by atoms with van der Waals surface area (Å²) in [7, 11) is 0. The van der Waals surface area contributed by atoms with E-state index in [1.54, 1.807) is 0 Å². The third-order valence-corrected chi connectivity index (χ3v) is 5.68. The molecule has 2 saturated carbocycles. The van der Waals surface area contributed by atoms with Crippen LogP contribution >= 0.6 is 0 Å². The lowest BCUT2D eigenvalue weighted by Gasteiger charge is -2.25. The van der Waals surface area contributed by atoms with Gasteiger partial charge in [-0.25, -0.2) is 0 Å². The lowest BCUT2D eigenvalue weighted by Crippen LogP contribution is -2.36. The molecule has 1 heterocycles. The smallest absolute Gasteiger partial charge is 0.309 e. The molecule has 0 radical (unpaired) electrons. The molecule has 2 bridgehead atoms. The number of fused-ring (bicyclic) bond motifs is 1. The summed E-state index contributed by atoms with van der Waals surface area (Å²) in [5, 5.41) is 26.9. The third kappa shape index (κ3) is 3.55. The summed E-state index contributed by atoms with van der Waals surface area (Å²) in [5.74, 6) is -0.656. The topological polar surface area (TPSA) is 113 Å². The molecule has 2 aliphatic carbocycles. The molecule has 1 aromatic carbocycles. The molecule has 1 aromatic rings. The normalized spacial score (nSPS) is 30.1. The number of benzene rings is 1. The van der Waals surface area contributed by atoms with E-state index in [0.717, 1.165) is 18.4 Å². The van der Waals surface area contributed by atoms with Gasteiger partial charge in [0.2, 0.25) is 0 Å². The first-order chi connectivity index (χ1) is 12.7. The second kappa shape index (κ2) is 7.29. The van der Waals surface area contributed by atoms with Gasteiger partial charge in [0.05, 0.1) is 11.8 Å². The second-order valence-electron chi connectivity index (χ2n) is 7.80. The number of rotatable bonds is 3. The molecule has 1 saturated heterocycles. The van der Waals surface area contributed by atoms with Crippen molar-refractivity contribution in [3.8, 4) is 17.2 Å². The maximum atomic E-state index is 11.6. The Labute approximate surface area is 157 Å². The number of aromatic hydroxyl groups is 3. The van der Waals surface area contributed by atoms with Gasteiger partial charge in [0.1, 0.15) is 12.2 Å². The number of hydrogen-bond donors (Lipinski definition) is 3. The van der Waals surface area contributed by atoms with Crippen LogP contribution in [0, 0.1) is 23.7 Å². The average Bonchev–Trinajstić information content (AvgIpc) is 3.24. The van der Waals surface area contributed by atoms with Gasteiger partial charge in [-0.05, 0) is 37.0 Å². The van der Waals surface area contributed by atoms with Crippen LogP contribution in [0.3, 0.4) is 0 Å². The zero-order chi connectivity index (χ0) is 19.9. The van der Waals surface area contributed by atoms with Crippen LogP contribution in [0.25, 0.3) is 0 Å². The molecular formula is C20H26O7. The molecule has 4 rings (SSSR count). The van der Waals surface area contributed by atoms with Crippen molar-refractivity contribution in [2.45, 2.75) is 52.2 Å². The highest BCUT2D eigenvalue weighted by Gasteiger charge is 2.63. The SMILES string of the molecule is CC(C)C(=O)OC1C2CC3C(=O)OC1C3C2.CCc1cc(O)c(O)c(O)c1. The molecule has 7 nitrogen and oxygen atoms in total. The zero-order valence-electron chi connectivity index (χ0n) is 15.7. The molecule has 148 valence electrons. The van der Waals surface area contributed by atoms with Crippen molar-refractivity contribution in [2.75, 3.05) is 0 Å². The number of carbonyl (C=O) groups excluding carboxylic acids is 2. The van der Waals surface area contributed by atoms with Crippen LogP contribution in [0.1, 0.15) is 39.2 Å². The Bertz CT molecular complexity index is 719. The van der Waals surface area contributed by atoms with Gasteiger partial charge in [0.15, 0.2) is 17.2 Å². The molecule has 5 unspecified atom stereocenters. The van der Waals surface area contributed by atoms with Gasteiger partial charge in [0, 0.05) is 11.8 Å². The third-order valence-electron chi connectivity index (χ3n) is 5.68. The van der Waals surface area contributed by atoms with Crippen LogP contribution < -0.4 is 0 Å². The van der Waals surface area contributed by atoms with E-state index in [2.05, 4.69) is 0 Å². The average molecular weight is 378 g/mol. The molecule has 3 N–H and O–H groups in total. The second-order valence-corrected chi connectivity index (χ2v) is 7.80. The van der Waals surface area contributed by atoms with Crippen molar-refractivity contribution in [1.29, 1.82) is 0 Å². The fourth-order valence-electron chi connectivity index (χ4n) is 4.20. The van der Waals surface area contributed by atoms with Crippen molar-refractivity contribution in [3.63, 3.8) is 0 Å². The summed E-state index contributed by atoms with van der Waals surface area (Å²) >= 11 is 0. The summed E-state index contributed by atoms with van der Waals surface area (Å²) in [6.07, 6.45) is 2.20. The Morgan fingerprint density at radius 3 is 2.41 bits per heavy atom. The fraction of sp³-hybridized carbons (Fsp3) is 0.600. The van der Waals surface area contributed by atoms with Gasteiger partial charge < -0.3 is 24.8 Å². The molecule has 0 spiro atoms. The van der Waals surface area contributed by atoms with E-state index < -0.39 is 5.75 Å². The van der Waals surface area contributed by atoms with E-state index >= 15 is 0 Å². The Morgan fingerprint density at radius 1 is 1.22 bits per heavy atom. The summed E-state index contributed by atoms with van der Waals surface area (Å²) in [5.41, 5.74) is 0.790. The molecule has 3 aliphatic rings. The van der Waals surface area contributed by atoms with Crippen molar-refractivity contribution < 1.29 is 34.4 Å². The number of aryl methyl sites for hydroxylation is 1. The van der Waals surface area contributed by atoms with Crippen molar-refractivity contribution in [3.05, 3.63) is 17.7 Å². The molecule has 0 amide bonds. The summed E-state index contributed by atoms with van der Waals surface area (Å²) < 4.78 is 10.8. The summed E-state index contributed by atoms with van der Waals surface area (Å²) in [6.45, 7) is 5.53. The van der Waals surface area contributed by atoms with Crippen LogP contribution in [0.5, 0.6) is 17.2 Å². The summed E-state index contributed by atoms with van der Waals surface area (Å²) in [6, 6.07) is 2.85. The van der Waals surface area contributed by atoms with Gasteiger partial charge in [-0.2, -0.15) is 0 Å². The highest BCUT2D eigenvalue weighted by atomic mass is 16.6. The largest absolute Gasteiger partial charge is 0.504 e. The number of hydrogen-bond acceptors (Lipinski definition) is 7. The Morgan fingerprint density at radius 2 is 1.85 bits per heavy atom. The number of carbonyl (C=O) groups is 2. The molecule has 3 fully saturated rings. The molecule has 27 heavy (non-hydrogen) atoms. The van der Waals surface area contributed by atoms with Crippen LogP contribution in [0.2, 0.25) is 0 Å². The number of esters is 2. The predicted octanol–water partition coefficient (Wildman–Crippen LogP) is 2.50.